The fraction of sp³-hybridized carbons (Fsp3) is 0.600. The van der Waals surface area contributed by atoms with Crippen LogP contribution < -0.4 is 5.73 Å². The molecule has 2 nitrogen and oxygen atoms in total. The van der Waals surface area contributed by atoms with Crippen molar-refractivity contribution < 1.29 is 4.74 Å². The van der Waals surface area contributed by atoms with Crippen LogP contribution in [-0.2, 0) is 11.2 Å². The maximum Gasteiger partial charge on any atom is 0.0623 e. The van der Waals surface area contributed by atoms with E-state index in [1.54, 1.807) is 0 Å². The van der Waals surface area contributed by atoms with Crippen LogP contribution in [0.1, 0.15) is 30.4 Å². The van der Waals surface area contributed by atoms with E-state index in [1.165, 1.54) is 30.4 Å². The molecule has 2 fully saturated rings. The van der Waals surface area contributed by atoms with Gasteiger partial charge in [-0.05, 0) is 43.7 Å². The Morgan fingerprint density at radius 2 is 2.18 bits per heavy atom. The summed E-state index contributed by atoms with van der Waals surface area (Å²) >= 11 is 0. The molecule has 92 valence electrons. The zero-order chi connectivity index (χ0) is 11.8. The third-order valence-corrected chi connectivity index (χ3v) is 4.42. The summed E-state index contributed by atoms with van der Waals surface area (Å²) < 4.78 is 5.89. The fourth-order valence-corrected chi connectivity index (χ4v) is 3.37. The number of hydrogen-bond acceptors (Lipinski definition) is 2. The van der Waals surface area contributed by atoms with E-state index in [-0.39, 0.29) is 6.04 Å². The third kappa shape index (κ3) is 2.12. The maximum atomic E-state index is 6.39. The molecule has 2 bridgehead atoms. The Morgan fingerprint density at radius 1 is 1.35 bits per heavy atom. The number of nitrogens with two attached hydrogens (primary N) is 1. The summed E-state index contributed by atoms with van der Waals surface area (Å²) in [7, 11) is 0. The molecule has 2 N–H and O–H groups in total. The molecule has 2 aliphatic rings. The average Bonchev–Trinajstić information content (AvgIpc) is 2.94. The summed E-state index contributed by atoms with van der Waals surface area (Å²) in [5.41, 5.74) is 9.13. The molecule has 2 saturated heterocycles. The topological polar surface area (TPSA) is 35.2 Å². The van der Waals surface area contributed by atoms with E-state index < -0.39 is 0 Å². The molecule has 1 aromatic carbocycles. The van der Waals surface area contributed by atoms with Gasteiger partial charge in [-0.25, -0.2) is 0 Å². The number of rotatable bonds is 3. The van der Waals surface area contributed by atoms with Crippen molar-refractivity contribution in [2.45, 2.75) is 50.9 Å². The van der Waals surface area contributed by atoms with Gasteiger partial charge >= 0.3 is 0 Å². The molecule has 0 aliphatic carbocycles. The molecular formula is C15H21NO. The van der Waals surface area contributed by atoms with Crippen molar-refractivity contribution in [3.05, 3.63) is 35.4 Å². The maximum absolute atomic E-state index is 6.39. The monoisotopic (exact) mass is 231 g/mol. The van der Waals surface area contributed by atoms with Gasteiger partial charge in [-0.2, -0.15) is 0 Å². The lowest BCUT2D eigenvalue weighted by atomic mass is 9.81. The number of aryl methyl sites for hydroxylation is 1. The van der Waals surface area contributed by atoms with Crippen LogP contribution in [0.3, 0.4) is 0 Å². The first-order chi connectivity index (χ1) is 8.24. The highest BCUT2D eigenvalue weighted by molar-refractivity contribution is 5.26. The van der Waals surface area contributed by atoms with Gasteiger partial charge in [0.2, 0.25) is 0 Å². The summed E-state index contributed by atoms with van der Waals surface area (Å²) in [6, 6.07) is 8.81. The minimum absolute atomic E-state index is 0.256. The SMILES string of the molecule is Cc1ccccc1CC(N)C1CC2CCC1O2. The summed E-state index contributed by atoms with van der Waals surface area (Å²) in [4.78, 5) is 0. The second-order valence-corrected chi connectivity index (χ2v) is 5.57. The summed E-state index contributed by atoms with van der Waals surface area (Å²) in [6.07, 6.45) is 5.59. The van der Waals surface area contributed by atoms with Gasteiger partial charge < -0.3 is 10.5 Å². The minimum Gasteiger partial charge on any atom is -0.375 e. The highest BCUT2D eigenvalue weighted by Gasteiger charge is 2.43. The number of ether oxygens (including phenoxy) is 1. The molecule has 4 unspecified atom stereocenters. The van der Waals surface area contributed by atoms with Crippen LogP contribution in [0.25, 0.3) is 0 Å². The van der Waals surface area contributed by atoms with E-state index in [4.69, 9.17) is 10.5 Å². The van der Waals surface area contributed by atoms with Crippen molar-refractivity contribution in [2.75, 3.05) is 0 Å². The second kappa shape index (κ2) is 4.43. The summed E-state index contributed by atoms with van der Waals surface area (Å²) in [5.74, 6) is 0.577. The van der Waals surface area contributed by atoms with Gasteiger partial charge in [0.25, 0.3) is 0 Å². The smallest absolute Gasteiger partial charge is 0.0623 e. The number of benzene rings is 1. The Labute approximate surface area is 103 Å². The fourth-order valence-electron chi connectivity index (χ4n) is 3.37. The Balaban J connectivity index is 1.68. The zero-order valence-corrected chi connectivity index (χ0v) is 10.4. The Hall–Kier alpha value is -0.860. The molecule has 0 aromatic heterocycles. The Morgan fingerprint density at radius 3 is 2.82 bits per heavy atom. The van der Waals surface area contributed by atoms with Crippen LogP contribution in [0.15, 0.2) is 24.3 Å². The van der Waals surface area contributed by atoms with Crippen LogP contribution >= 0.6 is 0 Å². The minimum atomic E-state index is 0.256. The third-order valence-electron chi connectivity index (χ3n) is 4.42. The van der Waals surface area contributed by atoms with Crippen LogP contribution in [0.4, 0.5) is 0 Å². The quantitative estimate of drug-likeness (QED) is 0.867. The van der Waals surface area contributed by atoms with E-state index in [0.717, 1.165) is 6.42 Å². The lowest BCUT2D eigenvalue weighted by Crippen LogP contribution is -2.38. The standard InChI is InChI=1S/C15H21NO/c1-10-4-2-3-5-11(10)8-14(16)13-9-12-6-7-15(13)17-12/h2-5,12-15H,6-9,16H2,1H3. The van der Waals surface area contributed by atoms with E-state index in [0.29, 0.717) is 18.1 Å². The van der Waals surface area contributed by atoms with Gasteiger partial charge in [0.1, 0.15) is 0 Å². The van der Waals surface area contributed by atoms with Crippen molar-refractivity contribution in [1.29, 1.82) is 0 Å². The molecule has 17 heavy (non-hydrogen) atoms. The van der Waals surface area contributed by atoms with Gasteiger partial charge in [0, 0.05) is 12.0 Å². The van der Waals surface area contributed by atoms with Gasteiger partial charge in [0.05, 0.1) is 12.2 Å². The largest absolute Gasteiger partial charge is 0.375 e. The van der Waals surface area contributed by atoms with Gasteiger partial charge in [-0.1, -0.05) is 24.3 Å². The zero-order valence-electron chi connectivity index (χ0n) is 10.4. The lowest BCUT2D eigenvalue weighted by molar-refractivity contribution is 0.0885. The van der Waals surface area contributed by atoms with Crippen molar-refractivity contribution in [3.8, 4) is 0 Å². The van der Waals surface area contributed by atoms with E-state index >= 15 is 0 Å². The first-order valence-corrected chi connectivity index (χ1v) is 6.69. The molecule has 1 aromatic rings. The molecule has 2 heteroatoms. The molecule has 0 amide bonds. The average molecular weight is 231 g/mol. The summed E-state index contributed by atoms with van der Waals surface area (Å²) in [6.45, 7) is 2.17. The first-order valence-electron chi connectivity index (χ1n) is 6.69. The molecule has 0 saturated carbocycles. The van der Waals surface area contributed by atoms with Crippen molar-refractivity contribution >= 4 is 0 Å². The highest BCUT2D eigenvalue weighted by atomic mass is 16.5. The van der Waals surface area contributed by atoms with E-state index in [1.807, 2.05) is 0 Å². The predicted molar refractivity (Wildman–Crippen MR) is 68.9 cm³/mol. The van der Waals surface area contributed by atoms with Crippen LogP contribution in [0, 0.1) is 12.8 Å². The molecule has 0 radical (unpaired) electrons. The molecule has 2 aliphatic heterocycles. The van der Waals surface area contributed by atoms with Crippen molar-refractivity contribution in [2.24, 2.45) is 11.7 Å². The Bertz CT molecular complexity index is 404. The lowest BCUT2D eigenvalue weighted by Gasteiger charge is -2.25. The van der Waals surface area contributed by atoms with Crippen molar-refractivity contribution in [1.82, 2.24) is 0 Å². The molecule has 3 rings (SSSR count). The molecule has 0 spiro atoms. The number of fused-ring (bicyclic) bond motifs is 2. The second-order valence-electron chi connectivity index (χ2n) is 5.57. The van der Waals surface area contributed by atoms with E-state index in [9.17, 15) is 0 Å². The highest BCUT2D eigenvalue weighted by Crippen LogP contribution is 2.40. The summed E-state index contributed by atoms with van der Waals surface area (Å²) in [5, 5.41) is 0. The molecular weight excluding hydrogens is 210 g/mol. The van der Waals surface area contributed by atoms with Crippen molar-refractivity contribution in [3.63, 3.8) is 0 Å². The van der Waals surface area contributed by atoms with Crippen LogP contribution in [0.2, 0.25) is 0 Å². The first kappa shape index (κ1) is 11.2. The molecule has 2 heterocycles. The normalized spacial score (nSPS) is 32.9. The van der Waals surface area contributed by atoms with Crippen LogP contribution in [-0.4, -0.2) is 18.2 Å². The predicted octanol–water partition coefficient (Wildman–Crippen LogP) is 2.43. The van der Waals surface area contributed by atoms with Crippen LogP contribution in [0.5, 0.6) is 0 Å². The molecule has 4 atom stereocenters. The van der Waals surface area contributed by atoms with Gasteiger partial charge in [-0.15, -0.1) is 0 Å². The number of hydrogen-bond donors (Lipinski definition) is 1. The van der Waals surface area contributed by atoms with Gasteiger partial charge in [0.15, 0.2) is 0 Å². The van der Waals surface area contributed by atoms with E-state index in [2.05, 4.69) is 31.2 Å². The van der Waals surface area contributed by atoms with Gasteiger partial charge in [-0.3, -0.25) is 0 Å². The Kier molecular flexibility index (Phi) is 2.93.